The first-order valence-electron chi connectivity index (χ1n) is 10.6. The van der Waals surface area contributed by atoms with E-state index < -0.39 is 10.0 Å². The predicted molar refractivity (Wildman–Crippen MR) is 117 cm³/mol. The van der Waals surface area contributed by atoms with Crippen LogP contribution in [0.25, 0.3) is 0 Å². The average molecular weight is 429 g/mol. The van der Waals surface area contributed by atoms with E-state index in [1.165, 1.54) is 28.6 Å². The summed E-state index contributed by atoms with van der Waals surface area (Å²) < 4.78 is 33.4. The van der Waals surface area contributed by atoms with Crippen LogP contribution >= 0.6 is 0 Å². The molecule has 30 heavy (non-hydrogen) atoms. The Morgan fingerprint density at radius 2 is 1.67 bits per heavy atom. The Morgan fingerprint density at radius 3 is 2.40 bits per heavy atom. The number of carbonyl (C=O) groups is 1. The van der Waals surface area contributed by atoms with E-state index in [4.69, 9.17) is 4.74 Å². The van der Waals surface area contributed by atoms with Gasteiger partial charge in [-0.1, -0.05) is 18.9 Å². The zero-order valence-electron chi connectivity index (χ0n) is 17.3. The van der Waals surface area contributed by atoms with E-state index in [0.717, 1.165) is 50.6 Å². The molecular weight excluding hydrogens is 400 g/mol. The molecule has 1 N–H and O–H groups in total. The second-order valence-electron chi connectivity index (χ2n) is 7.98. The fourth-order valence-electron chi connectivity index (χ4n) is 4.29. The standard InChI is InChI=1S/C23H28N2O4S/c1-29-21-12-10-19(16-22(21)30(27,28)25-13-4-2-3-5-14-25)23(26)24-20-11-9-17-7-6-8-18(17)15-20/h9-12,15-16H,2-8,13-14H2,1H3,(H,24,26). The number of methoxy groups -OCH3 is 1. The van der Waals surface area contributed by atoms with Crippen LogP contribution in [0.5, 0.6) is 5.75 Å². The topological polar surface area (TPSA) is 75.7 Å². The van der Waals surface area contributed by atoms with Crippen LogP contribution in [-0.2, 0) is 22.9 Å². The highest BCUT2D eigenvalue weighted by atomic mass is 32.2. The first kappa shape index (κ1) is 20.9. The highest BCUT2D eigenvalue weighted by Gasteiger charge is 2.29. The van der Waals surface area contributed by atoms with Crippen LogP contribution in [0.4, 0.5) is 5.69 Å². The van der Waals surface area contributed by atoms with Crippen molar-refractivity contribution in [2.75, 3.05) is 25.5 Å². The molecule has 0 unspecified atom stereocenters. The van der Waals surface area contributed by atoms with Gasteiger partial charge in [0.25, 0.3) is 5.91 Å². The van der Waals surface area contributed by atoms with Gasteiger partial charge in [-0.05, 0) is 73.6 Å². The largest absolute Gasteiger partial charge is 0.495 e. The molecule has 0 bridgehead atoms. The minimum absolute atomic E-state index is 0.0495. The van der Waals surface area contributed by atoms with Gasteiger partial charge >= 0.3 is 0 Å². The molecule has 1 amide bonds. The summed E-state index contributed by atoms with van der Waals surface area (Å²) in [7, 11) is -2.29. The molecule has 1 aliphatic carbocycles. The van der Waals surface area contributed by atoms with Gasteiger partial charge in [0.05, 0.1) is 7.11 Å². The molecule has 1 aliphatic heterocycles. The number of benzene rings is 2. The Bertz CT molecular complexity index is 1040. The molecule has 0 atom stereocenters. The lowest BCUT2D eigenvalue weighted by atomic mass is 10.1. The van der Waals surface area contributed by atoms with Crippen molar-refractivity contribution in [3.8, 4) is 5.75 Å². The van der Waals surface area contributed by atoms with Gasteiger partial charge in [0, 0.05) is 24.3 Å². The summed E-state index contributed by atoms with van der Waals surface area (Å²) in [6, 6.07) is 10.6. The molecular formula is C23H28N2O4S. The number of hydrogen-bond donors (Lipinski definition) is 1. The second-order valence-corrected chi connectivity index (χ2v) is 9.88. The van der Waals surface area contributed by atoms with Gasteiger partial charge in [-0.15, -0.1) is 0 Å². The summed E-state index contributed by atoms with van der Waals surface area (Å²) >= 11 is 0. The van der Waals surface area contributed by atoms with Crippen LogP contribution in [0.1, 0.15) is 53.6 Å². The third-order valence-corrected chi connectivity index (χ3v) is 7.88. The average Bonchev–Trinajstić information content (AvgIpc) is 3.03. The molecule has 6 nitrogen and oxygen atoms in total. The summed E-state index contributed by atoms with van der Waals surface area (Å²) in [5.41, 5.74) is 3.63. The molecule has 0 radical (unpaired) electrons. The molecule has 1 fully saturated rings. The Balaban J connectivity index is 1.61. The highest BCUT2D eigenvalue weighted by Crippen LogP contribution is 2.30. The van der Waals surface area contributed by atoms with Gasteiger partial charge in [-0.2, -0.15) is 4.31 Å². The van der Waals surface area contributed by atoms with Crippen molar-refractivity contribution >= 4 is 21.6 Å². The monoisotopic (exact) mass is 428 g/mol. The number of ether oxygens (including phenoxy) is 1. The molecule has 2 aromatic rings. The molecule has 0 spiro atoms. The number of amides is 1. The quantitative estimate of drug-likeness (QED) is 0.781. The van der Waals surface area contributed by atoms with E-state index in [0.29, 0.717) is 18.7 Å². The molecule has 1 heterocycles. The van der Waals surface area contributed by atoms with Gasteiger partial charge in [0.1, 0.15) is 10.6 Å². The summed E-state index contributed by atoms with van der Waals surface area (Å²) in [6.45, 7) is 0.994. The molecule has 2 aliphatic rings. The second kappa shape index (κ2) is 8.78. The van der Waals surface area contributed by atoms with Crippen LogP contribution < -0.4 is 10.1 Å². The summed E-state index contributed by atoms with van der Waals surface area (Å²) in [5.74, 6) is -0.0729. The van der Waals surface area contributed by atoms with Crippen molar-refractivity contribution in [1.29, 1.82) is 0 Å². The summed E-state index contributed by atoms with van der Waals surface area (Å²) in [4.78, 5) is 12.9. The van der Waals surface area contributed by atoms with E-state index in [1.54, 1.807) is 12.1 Å². The first-order valence-corrected chi connectivity index (χ1v) is 12.0. The Kier molecular flexibility index (Phi) is 6.11. The minimum atomic E-state index is -3.74. The van der Waals surface area contributed by atoms with Crippen LogP contribution in [0.15, 0.2) is 41.3 Å². The predicted octanol–water partition coefficient (Wildman–Crippen LogP) is 4.00. The lowest BCUT2D eigenvalue weighted by Crippen LogP contribution is -2.32. The van der Waals surface area contributed by atoms with Crippen molar-refractivity contribution in [2.24, 2.45) is 0 Å². The normalized spacial score (nSPS) is 17.2. The summed E-state index contributed by atoms with van der Waals surface area (Å²) in [6.07, 6.45) is 7.02. The number of carbonyl (C=O) groups excluding carboxylic acids is 1. The van der Waals surface area contributed by atoms with E-state index >= 15 is 0 Å². The number of hydrogen-bond acceptors (Lipinski definition) is 4. The third kappa shape index (κ3) is 4.23. The minimum Gasteiger partial charge on any atom is -0.495 e. The van der Waals surface area contributed by atoms with Crippen molar-refractivity contribution < 1.29 is 17.9 Å². The third-order valence-electron chi connectivity index (χ3n) is 5.97. The number of nitrogens with one attached hydrogen (secondary N) is 1. The van der Waals surface area contributed by atoms with Gasteiger partial charge in [0.15, 0.2) is 0 Å². The van der Waals surface area contributed by atoms with E-state index in [1.807, 2.05) is 12.1 Å². The SMILES string of the molecule is COc1ccc(C(=O)Nc2ccc3c(c2)CCC3)cc1S(=O)(=O)N1CCCCCC1. The Morgan fingerprint density at radius 1 is 0.933 bits per heavy atom. The van der Waals surface area contributed by atoms with Crippen LogP contribution in [0, 0.1) is 0 Å². The number of sulfonamides is 1. The van der Waals surface area contributed by atoms with Gasteiger partial charge in [0.2, 0.25) is 10.0 Å². The number of rotatable bonds is 5. The smallest absolute Gasteiger partial charge is 0.255 e. The molecule has 2 aromatic carbocycles. The molecule has 7 heteroatoms. The zero-order valence-corrected chi connectivity index (χ0v) is 18.1. The lowest BCUT2D eigenvalue weighted by molar-refractivity contribution is 0.102. The van der Waals surface area contributed by atoms with Crippen LogP contribution in [0.2, 0.25) is 0 Å². The number of fused-ring (bicyclic) bond motifs is 1. The first-order chi connectivity index (χ1) is 14.5. The van der Waals surface area contributed by atoms with Crippen LogP contribution in [-0.4, -0.2) is 38.8 Å². The zero-order chi connectivity index (χ0) is 21.1. The maximum atomic E-state index is 13.3. The van der Waals surface area contributed by atoms with Crippen molar-refractivity contribution in [1.82, 2.24) is 4.31 Å². The van der Waals surface area contributed by atoms with E-state index in [-0.39, 0.29) is 16.6 Å². The Labute approximate surface area is 178 Å². The maximum absolute atomic E-state index is 13.3. The number of nitrogens with zero attached hydrogens (tertiary/aromatic N) is 1. The number of anilines is 1. The molecule has 160 valence electrons. The fraction of sp³-hybridized carbons (Fsp3) is 0.435. The van der Waals surface area contributed by atoms with E-state index in [9.17, 15) is 13.2 Å². The maximum Gasteiger partial charge on any atom is 0.255 e. The van der Waals surface area contributed by atoms with Crippen molar-refractivity contribution in [3.63, 3.8) is 0 Å². The van der Waals surface area contributed by atoms with Crippen molar-refractivity contribution in [2.45, 2.75) is 49.8 Å². The van der Waals surface area contributed by atoms with Gasteiger partial charge < -0.3 is 10.1 Å². The van der Waals surface area contributed by atoms with Gasteiger partial charge in [-0.25, -0.2) is 8.42 Å². The highest BCUT2D eigenvalue weighted by molar-refractivity contribution is 7.89. The van der Waals surface area contributed by atoms with Crippen molar-refractivity contribution in [3.05, 3.63) is 53.1 Å². The molecule has 1 saturated heterocycles. The van der Waals surface area contributed by atoms with Gasteiger partial charge in [-0.3, -0.25) is 4.79 Å². The molecule has 0 aromatic heterocycles. The summed E-state index contributed by atoms with van der Waals surface area (Å²) in [5, 5.41) is 2.91. The molecule has 4 rings (SSSR count). The van der Waals surface area contributed by atoms with E-state index in [2.05, 4.69) is 11.4 Å². The molecule has 0 saturated carbocycles. The van der Waals surface area contributed by atoms with Crippen LogP contribution in [0.3, 0.4) is 0 Å². The fourth-order valence-corrected chi connectivity index (χ4v) is 5.99. The lowest BCUT2D eigenvalue weighted by Gasteiger charge is -2.21. The number of aryl methyl sites for hydroxylation is 2. The Hall–Kier alpha value is -2.38.